The maximum Gasteiger partial charge on any atom is 0.0894 e. The smallest absolute Gasteiger partial charge is 0.0894 e. The lowest BCUT2D eigenvalue weighted by Crippen LogP contribution is -2.23. The highest BCUT2D eigenvalue weighted by molar-refractivity contribution is 5.24. The summed E-state index contributed by atoms with van der Waals surface area (Å²) in [6.07, 6.45) is 8.55. The molecular formula is C16H22N4. The van der Waals surface area contributed by atoms with Crippen LogP contribution in [0.25, 0.3) is 0 Å². The van der Waals surface area contributed by atoms with Crippen molar-refractivity contribution in [3.05, 3.63) is 60.2 Å². The van der Waals surface area contributed by atoms with Crippen molar-refractivity contribution in [3.63, 3.8) is 0 Å². The number of hydrogen-bond acceptors (Lipinski definition) is 4. The van der Waals surface area contributed by atoms with Gasteiger partial charge in [-0.15, -0.1) is 0 Å². The second kappa shape index (κ2) is 5.49. The molecule has 1 aromatic carbocycles. The van der Waals surface area contributed by atoms with Gasteiger partial charge in [-0.3, -0.25) is 0 Å². The number of nitrogens with zero attached hydrogens (tertiary/aromatic N) is 4. The molecule has 0 saturated carbocycles. The average molecular weight is 270 g/mol. The summed E-state index contributed by atoms with van der Waals surface area (Å²) in [6.45, 7) is 3.91. The Morgan fingerprint density at radius 3 is 1.70 bits per heavy atom. The monoisotopic (exact) mass is 270 g/mol. The van der Waals surface area contributed by atoms with Crippen LogP contribution in [0.5, 0.6) is 0 Å². The van der Waals surface area contributed by atoms with Crippen LogP contribution in [0.1, 0.15) is 11.1 Å². The molecule has 20 heavy (non-hydrogen) atoms. The van der Waals surface area contributed by atoms with Crippen molar-refractivity contribution in [1.29, 1.82) is 0 Å². The zero-order chi connectivity index (χ0) is 13.9. The van der Waals surface area contributed by atoms with Gasteiger partial charge in [0.05, 0.1) is 13.3 Å². The van der Waals surface area contributed by atoms with E-state index in [-0.39, 0.29) is 0 Å². The molecule has 0 spiro atoms. The van der Waals surface area contributed by atoms with Gasteiger partial charge in [0.15, 0.2) is 0 Å². The summed E-state index contributed by atoms with van der Waals surface area (Å²) in [5.74, 6) is 0. The van der Waals surface area contributed by atoms with E-state index in [1.165, 1.54) is 11.1 Å². The van der Waals surface area contributed by atoms with Crippen molar-refractivity contribution in [3.8, 4) is 0 Å². The highest BCUT2D eigenvalue weighted by atomic mass is 15.3. The second-order valence-corrected chi connectivity index (χ2v) is 5.71. The third-order valence-electron chi connectivity index (χ3n) is 3.64. The van der Waals surface area contributed by atoms with Gasteiger partial charge in [-0.1, -0.05) is 24.3 Å². The molecule has 4 heteroatoms. The minimum atomic E-state index is 0.976. The summed E-state index contributed by atoms with van der Waals surface area (Å²) in [6, 6.07) is 8.90. The van der Waals surface area contributed by atoms with Crippen LogP contribution >= 0.6 is 0 Å². The first kappa shape index (κ1) is 12.9. The Labute approximate surface area is 121 Å². The van der Waals surface area contributed by atoms with Crippen molar-refractivity contribution >= 4 is 0 Å². The average Bonchev–Trinajstić information content (AvgIpc) is 2.99. The Bertz CT molecular complexity index is 480. The van der Waals surface area contributed by atoms with Crippen molar-refractivity contribution in [2.45, 2.75) is 13.1 Å². The Morgan fingerprint density at radius 2 is 1.30 bits per heavy atom. The number of benzene rings is 1. The molecular weight excluding hydrogens is 248 g/mol. The molecule has 2 aliphatic heterocycles. The molecule has 0 atom stereocenters. The molecule has 0 N–H and O–H groups in total. The molecule has 3 rings (SSSR count). The fraction of sp³-hybridized carbons (Fsp3) is 0.375. The van der Waals surface area contributed by atoms with E-state index in [4.69, 9.17) is 0 Å². The molecule has 2 heterocycles. The van der Waals surface area contributed by atoms with Crippen LogP contribution in [0.15, 0.2) is 49.1 Å². The molecule has 0 saturated heterocycles. The lowest BCUT2D eigenvalue weighted by atomic mass is 10.1. The zero-order valence-electron chi connectivity index (χ0n) is 12.2. The Hall–Kier alpha value is -2.10. The van der Waals surface area contributed by atoms with Crippen LogP contribution in [0.3, 0.4) is 0 Å². The lowest BCUT2D eigenvalue weighted by Gasteiger charge is -2.20. The SMILES string of the molecule is CN1C=CN(Cc2cccc(CN3C=CN(C)C3)c2)C1. The number of hydrogen-bond donors (Lipinski definition) is 0. The predicted molar refractivity (Wildman–Crippen MR) is 81.1 cm³/mol. The third-order valence-corrected chi connectivity index (χ3v) is 3.64. The summed E-state index contributed by atoms with van der Waals surface area (Å²) in [5, 5.41) is 0. The highest BCUT2D eigenvalue weighted by Crippen LogP contribution is 2.15. The Kier molecular flexibility index (Phi) is 3.54. The summed E-state index contributed by atoms with van der Waals surface area (Å²) in [4.78, 5) is 9.02. The summed E-state index contributed by atoms with van der Waals surface area (Å²) < 4.78 is 0. The van der Waals surface area contributed by atoms with Gasteiger partial charge < -0.3 is 19.6 Å². The summed E-state index contributed by atoms with van der Waals surface area (Å²) in [5.41, 5.74) is 2.75. The van der Waals surface area contributed by atoms with E-state index in [0.29, 0.717) is 0 Å². The van der Waals surface area contributed by atoms with Crippen LogP contribution in [-0.4, -0.2) is 47.0 Å². The molecule has 0 unspecified atom stereocenters. The van der Waals surface area contributed by atoms with E-state index in [2.05, 4.69) is 82.8 Å². The Balaban J connectivity index is 1.61. The molecule has 0 bridgehead atoms. The minimum absolute atomic E-state index is 0.976. The summed E-state index contributed by atoms with van der Waals surface area (Å²) >= 11 is 0. The van der Waals surface area contributed by atoms with Crippen molar-refractivity contribution in [2.75, 3.05) is 27.4 Å². The van der Waals surface area contributed by atoms with Gasteiger partial charge in [0.1, 0.15) is 0 Å². The van der Waals surface area contributed by atoms with E-state index in [0.717, 1.165) is 26.4 Å². The molecule has 0 radical (unpaired) electrons. The quantitative estimate of drug-likeness (QED) is 0.830. The van der Waals surface area contributed by atoms with E-state index in [9.17, 15) is 0 Å². The van der Waals surface area contributed by atoms with Gasteiger partial charge >= 0.3 is 0 Å². The van der Waals surface area contributed by atoms with Crippen molar-refractivity contribution < 1.29 is 0 Å². The van der Waals surface area contributed by atoms with Gasteiger partial charge in [-0.05, 0) is 11.1 Å². The van der Waals surface area contributed by atoms with Crippen LogP contribution in [0, 0.1) is 0 Å². The van der Waals surface area contributed by atoms with Gasteiger partial charge in [-0.25, -0.2) is 0 Å². The normalized spacial score (nSPS) is 17.7. The molecule has 0 aliphatic carbocycles. The first-order valence-corrected chi connectivity index (χ1v) is 7.02. The van der Waals surface area contributed by atoms with Crippen molar-refractivity contribution in [2.24, 2.45) is 0 Å². The van der Waals surface area contributed by atoms with Gasteiger partial charge in [-0.2, -0.15) is 0 Å². The van der Waals surface area contributed by atoms with Crippen molar-refractivity contribution in [1.82, 2.24) is 19.6 Å². The highest BCUT2D eigenvalue weighted by Gasteiger charge is 2.11. The standard InChI is InChI=1S/C16H22N4/c1-17-6-8-19(13-17)11-15-4-3-5-16(10-15)12-20-9-7-18(2)14-20/h3-10H,11-14H2,1-2H3. The molecule has 106 valence electrons. The first-order chi connectivity index (χ1) is 9.69. The fourth-order valence-corrected chi connectivity index (χ4v) is 2.68. The predicted octanol–water partition coefficient (Wildman–Crippen LogP) is 2.04. The minimum Gasteiger partial charge on any atom is -0.362 e. The molecule has 0 aromatic heterocycles. The van der Waals surface area contributed by atoms with Crippen LogP contribution < -0.4 is 0 Å². The zero-order valence-corrected chi connectivity index (χ0v) is 12.2. The van der Waals surface area contributed by atoms with E-state index in [1.807, 2.05) is 0 Å². The molecule has 2 aliphatic rings. The molecule has 0 fully saturated rings. The van der Waals surface area contributed by atoms with Gasteiger partial charge in [0, 0.05) is 52.0 Å². The maximum absolute atomic E-state index is 2.32. The van der Waals surface area contributed by atoms with E-state index < -0.39 is 0 Å². The summed E-state index contributed by atoms with van der Waals surface area (Å²) in [7, 11) is 4.20. The third kappa shape index (κ3) is 3.07. The van der Waals surface area contributed by atoms with Crippen LogP contribution in [-0.2, 0) is 13.1 Å². The first-order valence-electron chi connectivity index (χ1n) is 7.02. The number of rotatable bonds is 4. The van der Waals surface area contributed by atoms with Gasteiger partial charge in [0.2, 0.25) is 0 Å². The van der Waals surface area contributed by atoms with Crippen LogP contribution in [0.2, 0.25) is 0 Å². The van der Waals surface area contributed by atoms with E-state index >= 15 is 0 Å². The molecule has 1 aromatic rings. The van der Waals surface area contributed by atoms with Gasteiger partial charge in [0.25, 0.3) is 0 Å². The topological polar surface area (TPSA) is 13.0 Å². The van der Waals surface area contributed by atoms with Crippen LogP contribution in [0.4, 0.5) is 0 Å². The maximum atomic E-state index is 2.32. The lowest BCUT2D eigenvalue weighted by molar-refractivity contribution is 0.287. The molecule has 4 nitrogen and oxygen atoms in total. The van der Waals surface area contributed by atoms with E-state index in [1.54, 1.807) is 0 Å². The largest absolute Gasteiger partial charge is 0.362 e. The Morgan fingerprint density at radius 1 is 0.800 bits per heavy atom. The molecule has 0 amide bonds. The fourth-order valence-electron chi connectivity index (χ4n) is 2.68. The second-order valence-electron chi connectivity index (χ2n) is 5.71.